The smallest absolute Gasteiger partial charge is 0.183 e. The number of hydrogen-bond donors (Lipinski definition) is 3. The molecule has 2 rings (SSSR count). The van der Waals surface area contributed by atoms with E-state index >= 15 is 0 Å². The number of aromatic nitrogens is 3. The van der Waals surface area contributed by atoms with Crippen LogP contribution in [0.15, 0.2) is 11.5 Å². The number of aliphatic hydroxyl groups excluding tert-OH is 1. The molecular weight excluding hydrogens is 200 g/mol. The molecule has 0 saturated heterocycles. The predicted octanol–water partition coefficient (Wildman–Crippen LogP) is 0.00970. The summed E-state index contributed by atoms with van der Waals surface area (Å²) in [6, 6.07) is 0.653. The van der Waals surface area contributed by atoms with Crippen LogP contribution in [-0.4, -0.2) is 44.7 Å². The van der Waals surface area contributed by atoms with Gasteiger partial charge in [-0.2, -0.15) is 5.10 Å². The van der Waals surface area contributed by atoms with Gasteiger partial charge in [0.05, 0.1) is 6.10 Å². The Morgan fingerprint density at radius 3 is 3.21 bits per heavy atom. The molecule has 1 aromatic heterocycles. The predicted molar refractivity (Wildman–Crippen MR) is 54.1 cm³/mol. The average molecular weight is 214 g/mol. The van der Waals surface area contributed by atoms with Crippen molar-refractivity contribution < 1.29 is 5.11 Å². The number of rotatable bonds is 6. The van der Waals surface area contributed by atoms with Crippen LogP contribution < -0.4 is 5.32 Å². The van der Waals surface area contributed by atoms with Gasteiger partial charge in [-0.15, -0.1) is 0 Å². The highest BCUT2D eigenvalue weighted by atomic mass is 32.2. The van der Waals surface area contributed by atoms with Gasteiger partial charge in [-0.05, 0) is 12.8 Å². The second kappa shape index (κ2) is 4.77. The summed E-state index contributed by atoms with van der Waals surface area (Å²) in [4.78, 5) is 3.96. The Balaban J connectivity index is 1.59. The Morgan fingerprint density at radius 2 is 2.57 bits per heavy atom. The van der Waals surface area contributed by atoms with Gasteiger partial charge in [0.2, 0.25) is 0 Å². The highest BCUT2D eigenvalue weighted by molar-refractivity contribution is 7.99. The van der Waals surface area contributed by atoms with Crippen molar-refractivity contribution in [3.05, 3.63) is 6.33 Å². The molecule has 1 unspecified atom stereocenters. The maximum Gasteiger partial charge on any atom is 0.183 e. The van der Waals surface area contributed by atoms with Crippen LogP contribution in [0.4, 0.5) is 0 Å². The Kier molecular flexibility index (Phi) is 3.39. The third-order valence-corrected chi connectivity index (χ3v) is 3.05. The maximum atomic E-state index is 9.58. The van der Waals surface area contributed by atoms with Gasteiger partial charge < -0.3 is 10.4 Å². The Morgan fingerprint density at radius 1 is 1.71 bits per heavy atom. The van der Waals surface area contributed by atoms with Crippen molar-refractivity contribution in [1.29, 1.82) is 0 Å². The zero-order valence-corrected chi connectivity index (χ0v) is 8.63. The minimum Gasteiger partial charge on any atom is -0.391 e. The third-order valence-electron chi connectivity index (χ3n) is 2.02. The summed E-state index contributed by atoms with van der Waals surface area (Å²) < 4.78 is 0. The van der Waals surface area contributed by atoms with E-state index in [0.717, 1.165) is 5.16 Å². The molecule has 0 aliphatic heterocycles. The van der Waals surface area contributed by atoms with Gasteiger partial charge in [-0.25, -0.2) is 4.98 Å². The van der Waals surface area contributed by atoms with Crippen LogP contribution in [0.2, 0.25) is 0 Å². The largest absolute Gasteiger partial charge is 0.391 e. The normalized spacial score (nSPS) is 18.4. The second-order valence-corrected chi connectivity index (χ2v) is 4.45. The number of H-pyrrole nitrogens is 1. The molecule has 14 heavy (non-hydrogen) atoms. The van der Waals surface area contributed by atoms with Gasteiger partial charge in [0.15, 0.2) is 5.16 Å². The van der Waals surface area contributed by atoms with Gasteiger partial charge >= 0.3 is 0 Å². The van der Waals surface area contributed by atoms with Gasteiger partial charge in [0.1, 0.15) is 6.33 Å². The van der Waals surface area contributed by atoms with Crippen LogP contribution in [-0.2, 0) is 0 Å². The van der Waals surface area contributed by atoms with E-state index in [-0.39, 0.29) is 6.10 Å². The lowest BCUT2D eigenvalue weighted by molar-refractivity contribution is 0.195. The molecule has 78 valence electrons. The zero-order chi connectivity index (χ0) is 9.80. The molecule has 6 heteroatoms. The van der Waals surface area contributed by atoms with Crippen LogP contribution in [0.3, 0.4) is 0 Å². The number of thioether (sulfide) groups is 1. The number of hydrogen-bond acceptors (Lipinski definition) is 5. The summed E-state index contributed by atoms with van der Waals surface area (Å²) in [6.45, 7) is 0.672. The Bertz CT molecular complexity index is 262. The molecule has 1 aliphatic rings. The molecule has 0 aromatic carbocycles. The first kappa shape index (κ1) is 9.95. The van der Waals surface area contributed by atoms with E-state index in [4.69, 9.17) is 0 Å². The number of aromatic amines is 1. The Hall–Kier alpha value is -0.590. The van der Waals surface area contributed by atoms with Crippen molar-refractivity contribution in [3.63, 3.8) is 0 Å². The summed E-state index contributed by atoms with van der Waals surface area (Å²) >= 11 is 1.49. The topological polar surface area (TPSA) is 73.8 Å². The van der Waals surface area contributed by atoms with E-state index in [1.54, 1.807) is 0 Å². The van der Waals surface area contributed by atoms with Crippen molar-refractivity contribution in [2.24, 2.45) is 0 Å². The molecule has 1 heterocycles. The van der Waals surface area contributed by atoms with Crippen molar-refractivity contribution >= 4 is 11.8 Å². The minimum atomic E-state index is -0.314. The second-order valence-electron chi connectivity index (χ2n) is 3.44. The van der Waals surface area contributed by atoms with Crippen LogP contribution in [0.5, 0.6) is 0 Å². The van der Waals surface area contributed by atoms with Crippen molar-refractivity contribution in [1.82, 2.24) is 20.5 Å². The zero-order valence-electron chi connectivity index (χ0n) is 7.81. The summed E-state index contributed by atoms with van der Waals surface area (Å²) in [7, 11) is 0. The molecule has 3 N–H and O–H groups in total. The summed E-state index contributed by atoms with van der Waals surface area (Å²) in [5.41, 5.74) is 0. The van der Waals surface area contributed by atoms with Crippen LogP contribution >= 0.6 is 11.8 Å². The monoisotopic (exact) mass is 214 g/mol. The van der Waals surface area contributed by atoms with Crippen LogP contribution in [0.1, 0.15) is 12.8 Å². The molecule has 1 saturated carbocycles. The van der Waals surface area contributed by atoms with Gasteiger partial charge in [0.25, 0.3) is 0 Å². The van der Waals surface area contributed by atoms with Crippen molar-refractivity contribution in [3.8, 4) is 0 Å². The lowest BCUT2D eigenvalue weighted by Crippen LogP contribution is -2.29. The lowest BCUT2D eigenvalue weighted by Gasteiger charge is -2.09. The summed E-state index contributed by atoms with van der Waals surface area (Å²) in [5, 5.41) is 20.1. The molecule has 0 spiro atoms. The molecule has 1 fully saturated rings. The maximum absolute atomic E-state index is 9.58. The molecule has 0 bridgehead atoms. The van der Waals surface area contributed by atoms with E-state index in [1.807, 2.05) is 0 Å². The quantitative estimate of drug-likeness (QED) is 0.582. The van der Waals surface area contributed by atoms with E-state index in [2.05, 4.69) is 20.5 Å². The van der Waals surface area contributed by atoms with Crippen molar-refractivity contribution in [2.45, 2.75) is 30.1 Å². The SMILES string of the molecule is OC(CNC1CC1)CSc1ncn[nH]1. The van der Waals surface area contributed by atoms with E-state index in [0.29, 0.717) is 18.3 Å². The molecule has 1 aromatic rings. The third kappa shape index (κ3) is 3.28. The number of nitrogens with one attached hydrogen (secondary N) is 2. The molecule has 1 aliphatic carbocycles. The fraction of sp³-hybridized carbons (Fsp3) is 0.750. The highest BCUT2D eigenvalue weighted by Gasteiger charge is 2.21. The van der Waals surface area contributed by atoms with Gasteiger partial charge in [-0.3, -0.25) is 5.10 Å². The van der Waals surface area contributed by atoms with E-state index < -0.39 is 0 Å². The summed E-state index contributed by atoms with van der Waals surface area (Å²) in [6.07, 6.45) is 3.66. The molecule has 0 radical (unpaired) electrons. The van der Waals surface area contributed by atoms with Gasteiger partial charge in [-0.1, -0.05) is 11.8 Å². The number of nitrogens with zero attached hydrogens (tertiary/aromatic N) is 2. The van der Waals surface area contributed by atoms with E-state index in [1.165, 1.54) is 30.9 Å². The number of aliphatic hydroxyl groups is 1. The lowest BCUT2D eigenvalue weighted by atomic mass is 10.4. The molecular formula is C8H14N4OS. The fourth-order valence-corrected chi connectivity index (χ4v) is 1.80. The molecule has 1 atom stereocenters. The first-order valence-corrected chi connectivity index (χ1v) is 5.73. The van der Waals surface area contributed by atoms with Crippen LogP contribution in [0.25, 0.3) is 0 Å². The molecule has 0 amide bonds. The molecule has 5 nitrogen and oxygen atoms in total. The highest BCUT2D eigenvalue weighted by Crippen LogP contribution is 2.18. The standard InChI is InChI=1S/C8H14N4OS/c13-7(3-9-6-1-2-6)4-14-8-10-5-11-12-8/h5-7,9,13H,1-4H2,(H,10,11,12). The Labute approximate surface area is 86.7 Å². The first-order chi connectivity index (χ1) is 6.84. The minimum absolute atomic E-state index is 0.314. The summed E-state index contributed by atoms with van der Waals surface area (Å²) in [5.74, 6) is 0.648. The first-order valence-electron chi connectivity index (χ1n) is 4.74. The average Bonchev–Trinajstić information content (AvgIpc) is 2.87. The van der Waals surface area contributed by atoms with Crippen LogP contribution in [0, 0.1) is 0 Å². The fourth-order valence-electron chi connectivity index (χ4n) is 1.09. The van der Waals surface area contributed by atoms with E-state index in [9.17, 15) is 5.11 Å². The van der Waals surface area contributed by atoms with Crippen molar-refractivity contribution in [2.75, 3.05) is 12.3 Å². The van der Waals surface area contributed by atoms with Gasteiger partial charge in [0, 0.05) is 18.3 Å².